The molecule has 0 bridgehead atoms. The zero-order chi connectivity index (χ0) is 14.5. The lowest BCUT2D eigenvalue weighted by Crippen LogP contribution is -2.00. The van der Waals surface area contributed by atoms with Gasteiger partial charge >= 0.3 is 0 Å². The summed E-state index contributed by atoms with van der Waals surface area (Å²) in [6, 6.07) is 10.2. The lowest BCUT2D eigenvalue weighted by atomic mass is 10.0. The molecule has 0 saturated carbocycles. The van der Waals surface area contributed by atoms with Gasteiger partial charge in [-0.1, -0.05) is 49.7 Å². The van der Waals surface area contributed by atoms with Crippen LogP contribution < -0.4 is 0 Å². The molecule has 0 fully saturated rings. The highest BCUT2D eigenvalue weighted by atomic mass is 35.5. The van der Waals surface area contributed by atoms with E-state index in [4.69, 9.17) is 16.3 Å². The molecule has 3 nitrogen and oxygen atoms in total. The Morgan fingerprint density at radius 1 is 1.15 bits per heavy atom. The largest absolute Gasteiger partial charge is 0.374 e. The number of benzene rings is 1. The van der Waals surface area contributed by atoms with Crippen LogP contribution in [-0.2, 0) is 11.3 Å². The lowest BCUT2D eigenvalue weighted by molar-refractivity contribution is 0.128. The van der Waals surface area contributed by atoms with Gasteiger partial charge in [0.05, 0.1) is 5.69 Å². The summed E-state index contributed by atoms with van der Waals surface area (Å²) in [5.41, 5.74) is 3.18. The fourth-order valence-electron chi connectivity index (χ4n) is 1.91. The van der Waals surface area contributed by atoms with Gasteiger partial charge in [-0.2, -0.15) is 0 Å². The fourth-order valence-corrected chi connectivity index (χ4v) is 2.11. The summed E-state index contributed by atoms with van der Waals surface area (Å²) in [7, 11) is 0. The van der Waals surface area contributed by atoms with Crippen molar-refractivity contribution in [3.63, 3.8) is 0 Å². The van der Waals surface area contributed by atoms with Crippen molar-refractivity contribution in [1.82, 2.24) is 9.97 Å². The Labute approximate surface area is 125 Å². The molecule has 4 heteroatoms. The molecule has 1 aromatic heterocycles. The smallest absolute Gasteiger partial charge is 0.156 e. The van der Waals surface area contributed by atoms with Crippen molar-refractivity contribution < 1.29 is 4.74 Å². The molecule has 0 unspecified atom stereocenters. The first-order chi connectivity index (χ1) is 9.60. The van der Waals surface area contributed by atoms with Gasteiger partial charge in [-0.05, 0) is 18.4 Å². The molecular formula is C16H19ClN2O. The number of aromatic nitrogens is 2. The van der Waals surface area contributed by atoms with Gasteiger partial charge in [-0.15, -0.1) is 0 Å². The highest BCUT2D eigenvalue weighted by Gasteiger charge is 2.07. The molecule has 2 aromatic rings. The first kappa shape index (κ1) is 14.9. The SMILES string of the molecule is CCOCc1nc(Cl)cc(-c2ccc(C(C)C)cc2)n1. The van der Waals surface area contributed by atoms with E-state index in [-0.39, 0.29) is 0 Å². The summed E-state index contributed by atoms with van der Waals surface area (Å²) in [6.07, 6.45) is 0. The summed E-state index contributed by atoms with van der Waals surface area (Å²) in [5.74, 6) is 1.13. The minimum atomic E-state index is 0.383. The Hall–Kier alpha value is -1.45. The zero-order valence-corrected chi connectivity index (χ0v) is 12.8. The number of nitrogens with zero attached hydrogens (tertiary/aromatic N) is 2. The van der Waals surface area contributed by atoms with Crippen molar-refractivity contribution in [3.05, 3.63) is 46.9 Å². The van der Waals surface area contributed by atoms with E-state index in [1.165, 1.54) is 5.56 Å². The Kier molecular flexibility index (Phi) is 5.10. The number of rotatable bonds is 5. The van der Waals surface area contributed by atoms with Gasteiger partial charge in [0, 0.05) is 18.2 Å². The molecular weight excluding hydrogens is 272 g/mol. The van der Waals surface area contributed by atoms with Gasteiger partial charge < -0.3 is 4.74 Å². The van der Waals surface area contributed by atoms with E-state index in [2.05, 4.69) is 48.1 Å². The molecule has 0 atom stereocenters. The molecule has 0 amide bonds. The van der Waals surface area contributed by atoms with E-state index in [1.807, 2.05) is 6.92 Å². The Morgan fingerprint density at radius 3 is 2.45 bits per heavy atom. The van der Waals surface area contributed by atoms with Crippen LogP contribution in [0.1, 0.15) is 38.1 Å². The summed E-state index contributed by atoms with van der Waals surface area (Å²) >= 11 is 6.05. The average molecular weight is 291 g/mol. The first-order valence-electron chi connectivity index (χ1n) is 6.81. The van der Waals surface area contributed by atoms with Gasteiger partial charge in [-0.3, -0.25) is 0 Å². The Morgan fingerprint density at radius 2 is 1.85 bits per heavy atom. The third-order valence-electron chi connectivity index (χ3n) is 3.05. The third kappa shape index (κ3) is 3.78. The van der Waals surface area contributed by atoms with Crippen LogP contribution in [0.15, 0.2) is 30.3 Å². The molecule has 0 saturated heterocycles. The molecule has 0 N–H and O–H groups in total. The first-order valence-corrected chi connectivity index (χ1v) is 7.19. The van der Waals surface area contributed by atoms with Crippen LogP contribution in [0.25, 0.3) is 11.3 Å². The maximum Gasteiger partial charge on any atom is 0.156 e. The minimum absolute atomic E-state index is 0.383. The normalized spacial score (nSPS) is 11.1. The van der Waals surface area contributed by atoms with Gasteiger partial charge in [0.2, 0.25) is 0 Å². The highest BCUT2D eigenvalue weighted by Crippen LogP contribution is 2.23. The van der Waals surface area contributed by atoms with Crippen LogP contribution >= 0.6 is 11.6 Å². The van der Waals surface area contributed by atoms with Crippen molar-refractivity contribution in [1.29, 1.82) is 0 Å². The molecule has 0 aliphatic heterocycles. The highest BCUT2D eigenvalue weighted by molar-refractivity contribution is 6.29. The van der Waals surface area contributed by atoms with Crippen LogP contribution in [0, 0.1) is 0 Å². The minimum Gasteiger partial charge on any atom is -0.374 e. The molecule has 0 spiro atoms. The van der Waals surface area contributed by atoms with E-state index in [0.717, 1.165) is 11.3 Å². The van der Waals surface area contributed by atoms with Crippen molar-refractivity contribution in [3.8, 4) is 11.3 Å². The van der Waals surface area contributed by atoms with E-state index in [9.17, 15) is 0 Å². The number of halogens is 1. The Bertz CT molecular complexity index is 567. The summed E-state index contributed by atoms with van der Waals surface area (Å²) in [4.78, 5) is 8.67. The Balaban J connectivity index is 2.29. The van der Waals surface area contributed by atoms with E-state index >= 15 is 0 Å². The molecule has 1 aromatic carbocycles. The summed E-state index contributed by atoms with van der Waals surface area (Å²) < 4.78 is 5.33. The van der Waals surface area contributed by atoms with Gasteiger partial charge in [0.15, 0.2) is 5.82 Å². The van der Waals surface area contributed by atoms with Gasteiger partial charge in [-0.25, -0.2) is 9.97 Å². The molecule has 1 heterocycles. The van der Waals surface area contributed by atoms with Crippen LogP contribution in [-0.4, -0.2) is 16.6 Å². The second-order valence-corrected chi connectivity index (χ2v) is 5.29. The van der Waals surface area contributed by atoms with Crippen LogP contribution in [0.2, 0.25) is 5.15 Å². The predicted molar refractivity (Wildman–Crippen MR) is 81.9 cm³/mol. The second-order valence-electron chi connectivity index (χ2n) is 4.91. The van der Waals surface area contributed by atoms with Crippen molar-refractivity contribution >= 4 is 11.6 Å². The van der Waals surface area contributed by atoms with Crippen molar-refractivity contribution in [2.75, 3.05) is 6.61 Å². The van der Waals surface area contributed by atoms with Crippen LogP contribution in [0.5, 0.6) is 0 Å². The lowest BCUT2D eigenvalue weighted by Gasteiger charge is -2.08. The monoisotopic (exact) mass is 290 g/mol. The average Bonchev–Trinajstić information content (AvgIpc) is 2.44. The number of ether oxygens (including phenoxy) is 1. The topological polar surface area (TPSA) is 35.0 Å². The van der Waals surface area contributed by atoms with Crippen molar-refractivity contribution in [2.24, 2.45) is 0 Å². The van der Waals surface area contributed by atoms with E-state index < -0.39 is 0 Å². The van der Waals surface area contributed by atoms with E-state index in [0.29, 0.717) is 30.1 Å². The summed E-state index contributed by atoms with van der Waals surface area (Å²) in [6.45, 7) is 7.31. The fraction of sp³-hybridized carbons (Fsp3) is 0.375. The predicted octanol–water partition coefficient (Wildman–Crippen LogP) is 4.46. The standard InChI is InChI=1S/C16H19ClN2O/c1-4-20-10-16-18-14(9-15(17)19-16)13-7-5-12(6-8-13)11(2)3/h5-9,11H,4,10H2,1-3H3. The second kappa shape index (κ2) is 6.82. The third-order valence-corrected chi connectivity index (χ3v) is 3.24. The van der Waals surface area contributed by atoms with E-state index in [1.54, 1.807) is 6.07 Å². The molecule has 0 radical (unpaired) electrons. The molecule has 106 valence electrons. The molecule has 20 heavy (non-hydrogen) atoms. The molecule has 0 aliphatic rings. The number of hydrogen-bond donors (Lipinski definition) is 0. The van der Waals surface area contributed by atoms with Gasteiger partial charge in [0.25, 0.3) is 0 Å². The zero-order valence-electron chi connectivity index (χ0n) is 12.1. The molecule has 2 rings (SSSR count). The maximum absolute atomic E-state index is 6.05. The van der Waals surface area contributed by atoms with Gasteiger partial charge in [0.1, 0.15) is 11.8 Å². The quantitative estimate of drug-likeness (QED) is 0.763. The van der Waals surface area contributed by atoms with Crippen LogP contribution in [0.3, 0.4) is 0 Å². The molecule has 0 aliphatic carbocycles. The van der Waals surface area contributed by atoms with Crippen LogP contribution in [0.4, 0.5) is 0 Å². The summed E-state index contributed by atoms with van der Waals surface area (Å²) in [5, 5.41) is 0.442. The number of hydrogen-bond acceptors (Lipinski definition) is 3. The maximum atomic E-state index is 6.05. The van der Waals surface area contributed by atoms with Crippen molar-refractivity contribution in [2.45, 2.75) is 33.3 Å².